The first-order valence-electron chi connectivity index (χ1n) is 12.7. The molecule has 0 bridgehead atoms. The first kappa shape index (κ1) is 31.0. The maximum atomic E-state index is 9.90. The Hall–Kier alpha value is -3.95. The zero-order valence-corrected chi connectivity index (χ0v) is 25.6. The van der Waals surface area contributed by atoms with Crippen LogP contribution in [0.3, 0.4) is 0 Å². The van der Waals surface area contributed by atoms with Crippen LogP contribution in [-0.4, -0.2) is 41.9 Å². The fourth-order valence-electron chi connectivity index (χ4n) is 4.74. The van der Waals surface area contributed by atoms with Gasteiger partial charge in [-0.25, -0.2) is 9.97 Å². The normalized spacial score (nSPS) is 14.2. The number of thiazole rings is 1. The smallest absolute Gasteiger partial charge is 0.162 e. The fraction of sp³-hybridized carbons (Fsp3) is 0.276. The van der Waals surface area contributed by atoms with E-state index in [1.165, 1.54) is 12.4 Å². The van der Waals surface area contributed by atoms with Crippen molar-refractivity contribution in [1.29, 1.82) is 10.7 Å². The number of aromatic nitrogens is 3. The quantitative estimate of drug-likeness (QED) is 0.165. The minimum Gasteiger partial charge on any atom is -0.493 e. The number of rotatable bonds is 8. The van der Waals surface area contributed by atoms with Crippen molar-refractivity contribution in [2.24, 2.45) is 5.73 Å². The number of nitriles is 1. The number of nitrogens with one attached hydrogen (secondary N) is 1. The van der Waals surface area contributed by atoms with Crippen LogP contribution in [-0.2, 0) is 12.0 Å². The van der Waals surface area contributed by atoms with E-state index in [1.54, 1.807) is 30.7 Å². The molecule has 0 saturated carbocycles. The fourth-order valence-corrected chi connectivity index (χ4v) is 6.30. The summed E-state index contributed by atoms with van der Waals surface area (Å²) in [5, 5.41) is 19.1. The van der Waals surface area contributed by atoms with Gasteiger partial charge in [0.05, 0.1) is 22.7 Å². The first-order valence-corrected chi connectivity index (χ1v) is 14.4. The molecule has 5 N–H and O–H groups in total. The van der Waals surface area contributed by atoms with Gasteiger partial charge in [-0.1, -0.05) is 23.2 Å². The van der Waals surface area contributed by atoms with Crippen molar-refractivity contribution >= 4 is 52.8 Å². The number of benzene rings is 1. The number of nitrogens with two attached hydrogens (primary N) is 2. The summed E-state index contributed by atoms with van der Waals surface area (Å²) < 4.78 is 11.7. The van der Waals surface area contributed by atoms with E-state index in [0.29, 0.717) is 63.7 Å². The lowest BCUT2D eigenvalue weighted by molar-refractivity contribution is 0.216. The summed E-state index contributed by atoms with van der Waals surface area (Å²) in [4.78, 5) is 15.2. The molecule has 10 nitrogen and oxygen atoms in total. The zero-order valence-electron chi connectivity index (χ0n) is 23.3. The average Bonchev–Trinajstić information content (AvgIpc) is 3.40. The van der Waals surface area contributed by atoms with E-state index in [4.69, 9.17) is 49.6 Å². The minimum absolute atomic E-state index is 0.403. The maximum Gasteiger partial charge on any atom is 0.162 e. The second-order valence-corrected chi connectivity index (χ2v) is 11.5. The van der Waals surface area contributed by atoms with Crippen molar-refractivity contribution in [2.45, 2.75) is 31.9 Å². The molecule has 4 heterocycles. The number of ether oxygens (including phenoxy) is 2. The average molecular weight is 626 g/mol. The third-order valence-corrected chi connectivity index (χ3v) is 8.54. The molecular weight excluding hydrogens is 595 g/mol. The van der Waals surface area contributed by atoms with Crippen LogP contribution in [0.2, 0.25) is 10.0 Å². The molecule has 3 aromatic heterocycles. The molecule has 0 spiro atoms. The van der Waals surface area contributed by atoms with Crippen molar-refractivity contribution in [1.82, 2.24) is 15.0 Å². The van der Waals surface area contributed by atoms with Gasteiger partial charge >= 0.3 is 0 Å². The molecule has 0 radical (unpaired) electrons. The van der Waals surface area contributed by atoms with Crippen LogP contribution in [0.25, 0.3) is 0 Å². The van der Waals surface area contributed by atoms with E-state index < -0.39 is 11.6 Å². The number of hydrogen-bond acceptors (Lipinski definition) is 11. The van der Waals surface area contributed by atoms with Crippen molar-refractivity contribution in [2.75, 3.05) is 30.8 Å². The molecular formula is C29H30Cl2N8O2S. The molecule has 1 atom stereocenters. The number of halogens is 2. The van der Waals surface area contributed by atoms with E-state index in [-0.39, 0.29) is 0 Å². The molecule has 13 heteroatoms. The molecule has 0 aliphatic carbocycles. The topological polar surface area (TPSA) is 160 Å². The molecule has 4 aromatic rings. The third kappa shape index (κ3) is 6.27. The molecule has 0 amide bonds. The summed E-state index contributed by atoms with van der Waals surface area (Å²) in [7, 11) is 1.54. The number of nitrogens with zero attached hydrogens (tertiary/aromatic N) is 5. The van der Waals surface area contributed by atoms with E-state index in [0.717, 1.165) is 21.8 Å². The molecule has 1 fully saturated rings. The van der Waals surface area contributed by atoms with Gasteiger partial charge in [-0.2, -0.15) is 5.26 Å². The highest BCUT2D eigenvalue weighted by Gasteiger charge is 2.44. The van der Waals surface area contributed by atoms with E-state index in [9.17, 15) is 5.26 Å². The van der Waals surface area contributed by atoms with Crippen LogP contribution in [0.4, 0.5) is 11.5 Å². The Morgan fingerprint density at radius 1 is 1.19 bits per heavy atom. The number of hydrogen-bond donors (Lipinski definition) is 3. The Morgan fingerprint density at radius 2 is 1.88 bits per heavy atom. The highest BCUT2D eigenvalue weighted by Crippen LogP contribution is 2.39. The molecule has 1 aliphatic heterocycles. The van der Waals surface area contributed by atoms with Crippen LogP contribution < -0.4 is 25.8 Å². The summed E-state index contributed by atoms with van der Waals surface area (Å²) in [6.07, 6.45) is 4.73. The number of anilines is 2. The second-order valence-electron chi connectivity index (χ2n) is 9.79. The summed E-state index contributed by atoms with van der Waals surface area (Å²) in [5.41, 5.74) is 16.6. The van der Waals surface area contributed by atoms with Gasteiger partial charge in [0.25, 0.3) is 0 Å². The molecule has 42 heavy (non-hydrogen) atoms. The lowest BCUT2D eigenvalue weighted by Gasteiger charge is -2.47. The molecule has 0 unspecified atom stereocenters. The van der Waals surface area contributed by atoms with Gasteiger partial charge in [-0.15, -0.1) is 11.3 Å². The standard InChI is InChI=1S/C28H27Cl2N7O2S.CH3N/c1-15-12-40-27(36-15)28(33)13-37(14-28)26-19(8-31)5-17(9-35-26)4-18-6-24(23(38-3)7-22(18)32)39-16(2)25-20(29)10-34-11-21(25)30;1-2/h5-7,9-12,16H,4,13-14,32-33H2,1-3H3;2H,1H2/t16-;/m1./s1. The Morgan fingerprint density at radius 3 is 2.48 bits per heavy atom. The van der Waals surface area contributed by atoms with Gasteiger partial charge in [-0.3, -0.25) is 4.98 Å². The molecule has 5 rings (SSSR count). The monoisotopic (exact) mass is 624 g/mol. The van der Waals surface area contributed by atoms with Gasteiger partial charge < -0.3 is 31.3 Å². The molecule has 218 valence electrons. The number of methoxy groups -OCH3 is 1. The Balaban J connectivity index is 0.00000198. The van der Waals surface area contributed by atoms with Gasteiger partial charge in [0.1, 0.15) is 28.5 Å². The zero-order chi connectivity index (χ0) is 30.6. The second kappa shape index (κ2) is 12.9. The number of pyridine rings is 2. The summed E-state index contributed by atoms with van der Waals surface area (Å²) in [6, 6.07) is 7.64. The van der Waals surface area contributed by atoms with E-state index in [1.807, 2.05) is 36.3 Å². The number of aryl methyl sites for hydroxylation is 1. The first-order chi connectivity index (χ1) is 20.1. The third-order valence-electron chi connectivity index (χ3n) is 6.75. The van der Waals surface area contributed by atoms with Gasteiger partial charge in [0.2, 0.25) is 0 Å². The van der Waals surface area contributed by atoms with Crippen LogP contribution >= 0.6 is 34.5 Å². The van der Waals surface area contributed by atoms with Gasteiger partial charge in [0, 0.05) is 66.5 Å². The van der Waals surface area contributed by atoms with Crippen molar-refractivity contribution < 1.29 is 9.47 Å². The van der Waals surface area contributed by atoms with Crippen molar-refractivity contribution in [3.05, 3.63) is 85.2 Å². The van der Waals surface area contributed by atoms with Gasteiger partial charge in [-0.05, 0) is 43.8 Å². The van der Waals surface area contributed by atoms with Crippen LogP contribution in [0, 0.1) is 23.7 Å². The highest BCUT2D eigenvalue weighted by molar-refractivity contribution is 7.09. The molecule has 1 aliphatic rings. The Labute approximate surface area is 258 Å². The lowest BCUT2D eigenvalue weighted by atomic mass is 9.91. The Kier molecular flexibility index (Phi) is 9.53. The van der Waals surface area contributed by atoms with E-state index >= 15 is 0 Å². The SMILES string of the molecule is C=N.COc1cc(N)c(Cc2cnc(N3CC(N)(c4nc(C)cs4)C3)c(C#N)c2)cc1O[C@H](C)c1c(Cl)cncc1Cl. The van der Waals surface area contributed by atoms with Crippen LogP contribution in [0.5, 0.6) is 11.5 Å². The number of nitrogen functional groups attached to an aromatic ring is 1. The minimum atomic E-state index is -0.540. The Bertz CT molecular complexity index is 1610. The summed E-state index contributed by atoms with van der Waals surface area (Å²) in [5.74, 6) is 1.55. The maximum absolute atomic E-state index is 9.90. The van der Waals surface area contributed by atoms with Crippen LogP contribution in [0.1, 0.15) is 46.0 Å². The molecule has 1 saturated heterocycles. The largest absolute Gasteiger partial charge is 0.493 e. The van der Waals surface area contributed by atoms with E-state index in [2.05, 4.69) is 27.7 Å². The highest BCUT2D eigenvalue weighted by atomic mass is 35.5. The predicted octanol–water partition coefficient (Wildman–Crippen LogP) is 5.68. The van der Waals surface area contributed by atoms with Gasteiger partial charge in [0.15, 0.2) is 11.5 Å². The summed E-state index contributed by atoms with van der Waals surface area (Å²) >= 11 is 14.2. The summed E-state index contributed by atoms with van der Waals surface area (Å²) in [6.45, 7) is 7.37. The van der Waals surface area contributed by atoms with Crippen molar-refractivity contribution in [3.8, 4) is 17.6 Å². The lowest BCUT2D eigenvalue weighted by Crippen LogP contribution is -2.65. The molecule has 1 aromatic carbocycles. The predicted molar refractivity (Wildman–Crippen MR) is 167 cm³/mol. The van der Waals surface area contributed by atoms with Crippen molar-refractivity contribution in [3.63, 3.8) is 0 Å². The van der Waals surface area contributed by atoms with Crippen LogP contribution in [0.15, 0.2) is 42.2 Å².